The molecule has 0 spiro atoms. The molecule has 0 atom stereocenters. The van der Waals surface area contributed by atoms with Crippen molar-refractivity contribution in [3.8, 4) is 0 Å². The monoisotopic (exact) mass is 288 g/mol. The van der Waals surface area contributed by atoms with Gasteiger partial charge in [-0.2, -0.15) is 0 Å². The molecular formula is C9H15F3N2O3S. The molecule has 0 saturated carbocycles. The van der Waals surface area contributed by atoms with Crippen LogP contribution in [0.4, 0.5) is 13.2 Å². The molecule has 0 aromatic rings. The van der Waals surface area contributed by atoms with Gasteiger partial charge in [-0.15, -0.1) is 13.2 Å². The molecule has 9 heteroatoms. The van der Waals surface area contributed by atoms with E-state index in [1.54, 1.807) is 0 Å². The topological polar surface area (TPSA) is 72.6 Å². The van der Waals surface area contributed by atoms with Gasteiger partial charge in [0.05, 0.1) is 12.4 Å². The summed E-state index contributed by atoms with van der Waals surface area (Å²) in [7, 11) is -3.64. The molecule has 0 rings (SSSR count). The second kappa shape index (κ2) is 7.27. The first kappa shape index (κ1) is 16.8. The van der Waals surface area contributed by atoms with Crippen LogP contribution in [0.25, 0.3) is 0 Å². The number of hydrogen-bond donors (Lipinski definition) is 1. The zero-order chi connectivity index (χ0) is 14.2. The molecule has 2 N–H and O–H groups in total. The van der Waals surface area contributed by atoms with Gasteiger partial charge in [0.2, 0.25) is 10.0 Å². The van der Waals surface area contributed by atoms with Crippen molar-refractivity contribution < 1.29 is 26.3 Å². The largest absolute Gasteiger partial charge is 0.522 e. The lowest BCUT2D eigenvalue weighted by Crippen LogP contribution is -2.24. The van der Waals surface area contributed by atoms with Gasteiger partial charge in [-0.3, -0.25) is 9.04 Å². The van der Waals surface area contributed by atoms with Crippen molar-refractivity contribution in [3.05, 3.63) is 25.2 Å². The Morgan fingerprint density at radius 1 is 1.33 bits per heavy atom. The van der Waals surface area contributed by atoms with Gasteiger partial charge in [-0.1, -0.05) is 6.58 Å². The predicted molar refractivity (Wildman–Crippen MR) is 60.4 cm³/mol. The van der Waals surface area contributed by atoms with Crippen LogP contribution in [0.1, 0.15) is 12.8 Å². The van der Waals surface area contributed by atoms with Crippen molar-refractivity contribution in [1.82, 2.24) is 4.31 Å². The maximum atomic E-state index is 11.6. The number of rotatable bonds is 8. The van der Waals surface area contributed by atoms with E-state index < -0.39 is 23.0 Å². The van der Waals surface area contributed by atoms with Gasteiger partial charge in [0.1, 0.15) is 0 Å². The summed E-state index contributed by atoms with van der Waals surface area (Å²) >= 11 is 0. The molecule has 0 fully saturated rings. The molecule has 18 heavy (non-hydrogen) atoms. The molecule has 0 heterocycles. The van der Waals surface area contributed by atoms with Crippen molar-refractivity contribution >= 4 is 10.0 Å². The van der Waals surface area contributed by atoms with Crippen LogP contribution in [-0.4, -0.2) is 31.4 Å². The Morgan fingerprint density at radius 2 is 1.94 bits per heavy atom. The van der Waals surface area contributed by atoms with Crippen LogP contribution in [0.2, 0.25) is 0 Å². The van der Waals surface area contributed by atoms with Crippen molar-refractivity contribution in [2.24, 2.45) is 5.73 Å². The highest BCUT2D eigenvalue weighted by Crippen LogP contribution is 2.16. The lowest BCUT2D eigenvalue weighted by Gasteiger charge is -2.15. The number of ether oxygens (including phenoxy) is 1. The number of hydrogen-bond acceptors (Lipinski definition) is 4. The fourth-order valence-corrected chi connectivity index (χ4v) is 2.29. The van der Waals surface area contributed by atoms with Gasteiger partial charge in [-0.05, 0) is 12.8 Å². The van der Waals surface area contributed by atoms with E-state index in [-0.39, 0.29) is 18.6 Å². The summed E-state index contributed by atoms with van der Waals surface area (Å²) in [6.45, 7) is 2.72. The van der Waals surface area contributed by atoms with Crippen molar-refractivity contribution in [1.29, 1.82) is 0 Å². The van der Waals surface area contributed by atoms with Crippen molar-refractivity contribution in [2.45, 2.75) is 19.2 Å². The van der Waals surface area contributed by atoms with Gasteiger partial charge in [0.15, 0.2) is 0 Å². The van der Waals surface area contributed by atoms with E-state index in [0.29, 0.717) is 0 Å². The number of nitrogens with two attached hydrogens (primary N) is 1. The Bertz CT molecular complexity index is 379. The van der Waals surface area contributed by atoms with Crippen LogP contribution in [0.15, 0.2) is 25.2 Å². The first-order valence-electron chi connectivity index (χ1n) is 4.96. The maximum Gasteiger partial charge on any atom is 0.522 e. The summed E-state index contributed by atoms with van der Waals surface area (Å²) < 4.78 is 62.4. The Hall–Kier alpha value is -1.22. The summed E-state index contributed by atoms with van der Waals surface area (Å²) in [5, 5.41) is 0. The number of unbranched alkanes of at least 4 members (excludes halogenated alkanes) is 1. The summed E-state index contributed by atoms with van der Waals surface area (Å²) in [6.07, 6.45) is -1.50. The molecule has 0 aromatic heterocycles. The van der Waals surface area contributed by atoms with Crippen LogP contribution in [0, 0.1) is 0 Å². The highest BCUT2D eigenvalue weighted by atomic mass is 32.2. The van der Waals surface area contributed by atoms with Crippen molar-refractivity contribution in [2.75, 3.05) is 12.4 Å². The third-order valence-electron chi connectivity index (χ3n) is 1.80. The molecule has 0 saturated heterocycles. The standard InChI is InChI=1S/C9H15F3N2O3S/c1-2-14(6-5-13)18(15,16)8-4-3-7-17-9(10,11)12/h2,5-6H,1,3-4,7-8,13H2/b6-5-. The summed E-state index contributed by atoms with van der Waals surface area (Å²) in [4.78, 5) is 0. The number of alkyl halides is 3. The van der Waals surface area contributed by atoms with Gasteiger partial charge >= 0.3 is 6.36 Å². The Morgan fingerprint density at radius 3 is 2.39 bits per heavy atom. The minimum absolute atomic E-state index is 0.0178. The third-order valence-corrected chi connectivity index (χ3v) is 3.51. The zero-order valence-electron chi connectivity index (χ0n) is 9.56. The molecule has 0 bridgehead atoms. The third kappa shape index (κ3) is 7.17. The lowest BCUT2D eigenvalue weighted by atomic mass is 10.4. The van der Waals surface area contributed by atoms with Crippen LogP contribution >= 0.6 is 0 Å². The number of halogens is 3. The average Bonchev–Trinajstić information content (AvgIpc) is 2.23. The average molecular weight is 288 g/mol. The Balaban J connectivity index is 4.09. The molecular weight excluding hydrogens is 273 g/mol. The minimum Gasteiger partial charge on any atom is -0.403 e. The lowest BCUT2D eigenvalue weighted by molar-refractivity contribution is -0.324. The van der Waals surface area contributed by atoms with Gasteiger partial charge in [0.25, 0.3) is 0 Å². The van der Waals surface area contributed by atoms with Gasteiger partial charge in [-0.25, -0.2) is 8.42 Å². The van der Waals surface area contributed by atoms with E-state index in [1.165, 1.54) is 0 Å². The van der Waals surface area contributed by atoms with E-state index in [2.05, 4.69) is 11.3 Å². The fraction of sp³-hybridized carbons (Fsp3) is 0.556. The summed E-state index contributed by atoms with van der Waals surface area (Å²) in [5.74, 6) is -0.315. The van der Waals surface area contributed by atoms with Gasteiger partial charge in [0, 0.05) is 18.6 Å². The van der Waals surface area contributed by atoms with E-state index >= 15 is 0 Å². The molecule has 0 unspecified atom stereocenters. The smallest absolute Gasteiger partial charge is 0.403 e. The molecule has 0 aliphatic rings. The van der Waals surface area contributed by atoms with Crippen LogP contribution in [0.5, 0.6) is 0 Å². The highest BCUT2D eigenvalue weighted by molar-refractivity contribution is 7.89. The zero-order valence-corrected chi connectivity index (χ0v) is 10.4. The van der Waals surface area contributed by atoms with E-state index in [4.69, 9.17) is 5.73 Å². The number of nitrogens with zero attached hydrogens (tertiary/aromatic N) is 1. The molecule has 0 radical (unpaired) electrons. The summed E-state index contributed by atoms with van der Waals surface area (Å²) in [6, 6.07) is 0. The second-order valence-corrected chi connectivity index (χ2v) is 5.17. The Labute approximate surface area is 104 Å². The molecule has 5 nitrogen and oxygen atoms in total. The molecule has 0 aliphatic carbocycles. The Kier molecular flexibility index (Phi) is 6.77. The normalized spacial score (nSPS) is 12.8. The second-order valence-electron chi connectivity index (χ2n) is 3.17. The summed E-state index contributed by atoms with van der Waals surface area (Å²) in [5.41, 5.74) is 5.05. The van der Waals surface area contributed by atoms with E-state index in [1.807, 2.05) is 0 Å². The first-order valence-corrected chi connectivity index (χ1v) is 6.56. The minimum atomic E-state index is -4.69. The quantitative estimate of drug-likeness (QED) is 0.687. The predicted octanol–water partition coefficient (Wildman–Crippen LogP) is 1.51. The molecule has 0 aliphatic heterocycles. The first-order chi connectivity index (χ1) is 8.23. The van der Waals surface area contributed by atoms with Gasteiger partial charge < -0.3 is 5.73 Å². The molecule has 0 aromatic carbocycles. The maximum absolute atomic E-state index is 11.6. The molecule has 0 amide bonds. The van der Waals surface area contributed by atoms with E-state index in [0.717, 1.165) is 22.9 Å². The van der Waals surface area contributed by atoms with E-state index in [9.17, 15) is 21.6 Å². The van der Waals surface area contributed by atoms with Crippen LogP contribution < -0.4 is 5.73 Å². The van der Waals surface area contributed by atoms with Crippen LogP contribution in [0.3, 0.4) is 0 Å². The number of sulfonamides is 1. The fourth-order valence-electron chi connectivity index (χ4n) is 1.03. The highest BCUT2D eigenvalue weighted by Gasteiger charge is 2.28. The van der Waals surface area contributed by atoms with Crippen molar-refractivity contribution in [3.63, 3.8) is 0 Å². The SMILES string of the molecule is C=CN(/C=C\N)S(=O)(=O)CCCCOC(F)(F)F. The molecule has 106 valence electrons. The van der Waals surface area contributed by atoms with Crippen LogP contribution in [-0.2, 0) is 14.8 Å².